The van der Waals surface area contributed by atoms with Crippen LogP contribution in [0.4, 0.5) is 5.95 Å². The van der Waals surface area contributed by atoms with Gasteiger partial charge in [0.1, 0.15) is 6.04 Å². The highest BCUT2D eigenvalue weighted by Crippen LogP contribution is 2.34. The van der Waals surface area contributed by atoms with Crippen molar-refractivity contribution >= 4 is 23.2 Å². The summed E-state index contributed by atoms with van der Waals surface area (Å²) in [6, 6.07) is 28.2. The van der Waals surface area contributed by atoms with Crippen molar-refractivity contribution in [3.63, 3.8) is 0 Å². The van der Waals surface area contributed by atoms with Crippen LogP contribution in [0.15, 0.2) is 91.0 Å². The topological polar surface area (TPSA) is 42.7 Å². The third-order valence-corrected chi connectivity index (χ3v) is 5.05. The van der Waals surface area contributed by atoms with Crippen molar-refractivity contribution < 1.29 is 0 Å². The van der Waals surface area contributed by atoms with Gasteiger partial charge >= 0.3 is 0 Å². The molecule has 0 saturated carbocycles. The summed E-state index contributed by atoms with van der Waals surface area (Å²) in [5, 5.41) is 8.93. The molecule has 3 aromatic carbocycles. The molecule has 0 fully saturated rings. The molecule has 4 nitrogen and oxygen atoms in total. The summed E-state index contributed by atoms with van der Waals surface area (Å²) in [6.07, 6.45) is 2.19. The van der Waals surface area contributed by atoms with Crippen LogP contribution in [0, 0.1) is 0 Å². The van der Waals surface area contributed by atoms with E-state index < -0.39 is 0 Å². The standard InChI is InChI=1S/C23H17ClN4/c24-19-13-11-18(12-14-19)22-26-23-25-20(16-7-3-1-4-8-16)15-21(28(23)27-22)17-9-5-2-6-10-17/h1-15,21H,(H,25,26,27). The van der Waals surface area contributed by atoms with Crippen molar-refractivity contribution in [3.05, 3.63) is 107 Å². The van der Waals surface area contributed by atoms with Gasteiger partial charge in [0.15, 0.2) is 5.82 Å². The summed E-state index contributed by atoms with van der Waals surface area (Å²) in [5.41, 5.74) is 4.23. The van der Waals surface area contributed by atoms with E-state index in [-0.39, 0.29) is 6.04 Å². The SMILES string of the molecule is Clc1ccc(-c2nc3n(n2)C(c2ccccc2)C=C(c2ccccc2)N3)cc1. The molecule has 0 aliphatic carbocycles. The van der Waals surface area contributed by atoms with Crippen molar-refractivity contribution in [1.29, 1.82) is 0 Å². The zero-order valence-electron chi connectivity index (χ0n) is 15.0. The van der Waals surface area contributed by atoms with Gasteiger partial charge in [-0.2, -0.15) is 4.98 Å². The smallest absolute Gasteiger partial charge is 0.227 e. The predicted molar refractivity (Wildman–Crippen MR) is 113 cm³/mol. The Balaban J connectivity index is 1.62. The van der Waals surface area contributed by atoms with E-state index in [1.165, 1.54) is 0 Å². The largest absolute Gasteiger partial charge is 0.324 e. The Bertz CT molecular complexity index is 1130. The summed E-state index contributed by atoms with van der Waals surface area (Å²) in [7, 11) is 0. The van der Waals surface area contributed by atoms with Gasteiger partial charge in [-0.15, -0.1) is 5.10 Å². The minimum atomic E-state index is -0.0405. The van der Waals surface area contributed by atoms with E-state index >= 15 is 0 Å². The predicted octanol–water partition coefficient (Wildman–Crippen LogP) is 5.65. The fraction of sp³-hybridized carbons (Fsp3) is 0.0435. The number of aromatic nitrogens is 3. The number of nitrogens with one attached hydrogen (secondary N) is 1. The van der Waals surface area contributed by atoms with E-state index in [9.17, 15) is 0 Å². The minimum Gasteiger partial charge on any atom is -0.324 e. The summed E-state index contributed by atoms with van der Waals surface area (Å²) in [6.45, 7) is 0. The molecule has 2 heterocycles. The van der Waals surface area contributed by atoms with E-state index in [4.69, 9.17) is 21.7 Å². The number of allylic oxidation sites excluding steroid dienone is 1. The van der Waals surface area contributed by atoms with E-state index in [0.29, 0.717) is 10.8 Å². The molecule has 0 bridgehead atoms. The van der Waals surface area contributed by atoms with Crippen molar-refractivity contribution in [3.8, 4) is 11.4 Å². The van der Waals surface area contributed by atoms with E-state index in [1.54, 1.807) is 0 Å². The Kier molecular flexibility index (Phi) is 4.18. The molecule has 5 heteroatoms. The number of fused-ring (bicyclic) bond motifs is 1. The third-order valence-electron chi connectivity index (χ3n) is 4.79. The quantitative estimate of drug-likeness (QED) is 0.496. The molecule has 0 spiro atoms. The van der Waals surface area contributed by atoms with Crippen LogP contribution >= 0.6 is 11.6 Å². The van der Waals surface area contributed by atoms with E-state index in [2.05, 4.69) is 35.7 Å². The van der Waals surface area contributed by atoms with Crippen molar-refractivity contribution in [2.75, 3.05) is 5.32 Å². The Labute approximate surface area is 168 Å². The molecule has 28 heavy (non-hydrogen) atoms. The van der Waals surface area contributed by atoms with Crippen LogP contribution in [0.5, 0.6) is 0 Å². The van der Waals surface area contributed by atoms with Crippen molar-refractivity contribution in [2.24, 2.45) is 0 Å². The summed E-state index contributed by atoms with van der Waals surface area (Å²) >= 11 is 6.02. The molecule has 1 aliphatic heterocycles. The van der Waals surface area contributed by atoms with Gasteiger partial charge in [0.2, 0.25) is 5.95 Å². The maximum absolute atomic E-state index is 6.02. The molecule has 0 saturated heterocycles. The molecule has 1 atom stereocenters. The fourth-order valence-electron chi connectivity index (χ4n) is 3.39. The van der Waals surface area contributed by atoms with Crippen LogP contribution < -0.4 is 5.32 Å². The van der Waals surface area contributed by atoms with Crippen LogP contribution in [-0.4, -0.2) is 14.8 Å². The molecule has 4 aromatic rings. The van der Waals surface area contributed by atoms with Gasteiger partial charge in [-0.1, -0.05) is 72.3 Å². The van der Waals surface area contributed by atoms with Gasteiger partial charge in [0.05, 0.1) is 0 Å². The molecule has 136 valence electrons. The van der Waals surface area contributed by atoms with E-state index in [1.807, 2.05) is 65.3 Å². The first-order chi connectivity index (χ1) is 13.8. The minimum absolute atomic E-state index is 0.0405. The molecular formula is C23H17ClN4. The number of nitrogens with zero attached hydrogens (tertiary/aromatic N) is 3. The first kappa shape index (κ1) is 16.8. The van der Waals surface area contributed by atoms with Gasteiger partial charge in [-0.25, -0.2) is 4.68 Å². The average Bonchev–Trinajstić information content (AvgIpc) is 3.19. The number of benzene rings is 3. The molecule has 1 aliphatic rings. The Morgan fingerprint density at radius 2 is 1.46 bits per heavy atom. The molecule has 1 unspecified atom stereocenters. The summed E-state index contributed by atoms with van der Waals surface area (Å²) < 4.78 is 1.94. The van der Waals surface area contributed by atoms with E-state index in [0.717, 1.165) is 28.3 Å². The van der Waals surface area contributed by atoms with Gasteiger partial charge < -0.3 is 5.32 Å². The van der Waals surface area contributed by atoms with Crippen LogP contribution in [0.1, 0.15) is 17.2 Å². The third kappa shape index (κ3) is 3.08. The maximum Gasteiger partial charge on any atom is 0.227 e. The summed E-state index contributed by atoms with van der Waals surface area (Å²) in [5.74, 6) is 1.39. The van der Waals surface area contributed by atoms with Crippen molar-refractivity contribution in [2.45, 2.75) is 6.04 Å². The van der Waals surface area contributed by atoms with Gasteiger partial charge in [0, 0.05) is 16.3 Å². The van der Waals surface area contributed by atoms with Crippen LogP contribution in [0.25, 0.3) is 17.1 Å². The highest BCUT2D eigenvalue weighted by atomic mass is 35.5. The lowest BCUT2D eigenvalue weighted by Gasteiger charge is -2.24. The Hall–Kier alpha value is -3.37. The second-order valence-electron chi connectivity index (χ2n) is 6.64. The maximum atomic E-state index is 6.02. The van der Waals surface area contributed by atoms with Gasteiger partial charge in [-0.05, 0) is 41.5 Å². The number of rotatable bonds is 3. The van der Waals surface area contributed by atoms with Crippen molar-refractivity contribution in [1.82, 2.24) is 14.8 Å². The fourth-order valence-corrected chi connectivity index (χ4v) is 3.51. The van der Waals surface area contributed by atoms with Gasteiger partial charge in [-0.3, -0.25) is 0 Å². The number of hydrogen-bond donors (Lipinski definition) is 1. The highest BCUT2D eigenvalue weighted by molar-refractivity contribution is 6.30. The Morgan fingerprint density at radius 3 is 2.18 bits per heavy atom. The normalized spacial score (nSPS) is 15.5. The second-order valence-corrected chi connectivity index (χ2v) is 7.07. The zero-order valence-corrected chi connectivity index (χ0v) is 15.7. The monoisotopic (exact) mass is 384 g/mol. The first-order valence-corrected chi connectivity index (χ1v) is 9.47. The Morgan fingerprint density at radius 1 is 0.786 bits per heavy atom. The molecule has 1 N–H and O–H groups in total. The van der Waals surface area contributed by atoms with Crippen LogP contribution in [-0.2, 0) is 0 Å². The molecular weight excluding hydrogens is 368 g/mol. The zero-order chi connectivity index (χ0) is 18.9. The lowest BCUT2D eigenvalue weighted by molar-refractivity contribution is 0.613. The molecule has 0 radical (unpaired) electrons. The molecule has 0 amide bonds. The first-order valence-electron chi connectivity index (χ1n) is 9.10. The number of anilines is 1. The lowest BCUT2D eigenvalue weighted by Crippen LogP contribution is -2.20. The second kappa shape index (κ2) is 6.98. The van der Waals surface area contributed by atoms with Gasteiger partial charge in [0.25, 0.3) is 0 Å². The molecule has 5 rings (SSSR count). The van der Waals surface area contributed by atoms with Crippen LogP contribution in [0.2, 0.25) is 5.02 Å². The number of halogens is 1. The summed E-state index contributed by atoms with van der Waals surface area (Å²) in [4.78, 5) is 4.76. The average molecular weight is 385 g/mol. The van der Waals surface area contributed by atoms with Crippen LogP contribution in [0.3, 0.4) is 0 Å². The molecule has 1 aromatic heterocycles. The highest BCUT2D eigenvalue weighted by Gasteiger charge is 2.25. The number of hydrogen-bond acceptors (Lipinski definition) is 3. The lowest BCUT2D eigenvalue weighted by atomic mass is 10.0.